The molecule has 0 aliphatic carbocycles. The van der Waals surface area contributed by atoms with Crippen molar-refractivity contribution in [1.82, 2.24) is 4.90 Å². The second-order valence-corrected chi connectivity index (χ2v) is 4.73. The number of benzene rings is 1. The summed E-state index contributed by atoms with van der Waals surface area (Å²) >= 11 is 0. The smallest absolute Gasteiger partial charge is 0.257 e. The van der Waals surface area contributed by atoms with Crippen molar-refractivity contribution in [3.05, 3.63) is 23.8 Å². The number of aromatic hydroxyl groups is 2. The van der Waals surface area contributed by atoms with Crippen LogP contribution < -0.4 is 0 Å². The lowest BCUT2D eigenvalue weighted by molar-refractivity contribution is 0.0617. The highest BCUT2D eigenvalue weighted by molar-refractivity contribution is 5.97. The van der Waals surface area contributed by atoms with Crippen molar-refractivity contribution in [3.63, 3.8) is 0 Å². The maximum Gasteiger partial charge on any atom is 0.257 e. The Balaban J connectivity index is 3.08. The van der Waals surface area contributed by atoms with Gasteiger partial charge in [0.1, 0.15) is 11.5 Å². The molecule has 0 saturated carbocycles. The van der Waals surface area contributed by atoms with Crippen molar-refractivity contribution < 1.29 is 15.0 Å². The molecule has 0 aromatic heterocycles. The Labute approximate surface area is 101 Å². The van der Waals surface area contributed by atoms with Gasteiger partial charge in [0.15, 0.2) is 0 Å². The fraction of sp³-hybridized carbons (Fsp3) is 0.462. The van der Waals surface area contributed by atoms with E-state index in [9.17, 15) is 15.0 Å². The van der Waals surface area contributed by atoms with Crippen molar-refractivity contribution in [2.75, 3.05) is 7.05 Å². The minimum atomic E-state index is -0.301. The third-order valence-electron chi connectivity index (χ3n) is 3.29. The van der Waals surface area contributed by atoms with Gasteiger partial charge in [0.2, 0.25) is 0 Å². The zero-order chi connectivity index (χ0) is 13.2. The first-order chi connectivity index (χ1) is 7.79. The Morgan fingerprint density at radius 2 is 1.94 bits per heavy atom. The minimum Gasteiger partial charge on any atom is -0.508 e. The molecule has 0 unspecified atom stereocenters. The molecule has 4 heteroatoms. The highest BCUT2D eigenvalue weighted by Gasteiger charge is 2.27. The van der Waals surface area contributed by atoms with Gasteiger partial charge in [-0.15, -0.1) is 0 Å². The molecule has 17 heavy (non-hydrogen) atoms. The van der Waals surface area contributed by atoms with E-state index < -0.39 is 0 Å². The zero-order valence-electron chi connectivity index (χ0n) is 10.7. The number of phenols is 2. The van der Waals surface area contributed by atoms with Crippen LogP contribution in [0.3, 0.4) is 0 Å². The molecule has 1 aromatic rings. The summed E-state index contributed by atoms with van der Waals surface area (Å²) in [6.07, 6.45) is 0.800. The molecular formula is C13H19NO3. The summed E-state index contributed by atoms with van der Waals surface area (Å²) in [5, 5.41) is 19.0. The Bertz CT molecular complexity index is 427. The minimum absolute atomic E-state index is 0.0335. The van der Waals surface area contributed by atoms with Crippen molar-refractivity contribution in [1.29, 1.82) is 0 Å². The van der Waals surface area contributed by atoms with Crippen LogP contribution >= 0.6 is 0 Å². The molecule has 0 atom stereocenters. The Morgan fingerprint density at radius 1 is 1.35 bits per heavy atom. The average Bonchev–Trinajstić information content (AvgIpc) is 2.30. The third-order valence-corrected chi connectivity index (χ3v) is 3.29. The first-order valence-corrected chi connectivity index (χ1v) is 5.59. The average molecular weight is 237 g/mol. The summed E-state index contributed by atoms with van der Waals surface area (Å²) in [6.45, 7) is 5.89. The maximum atomic E-state index is 12.2. The van der Waals surface area contributed by atoms with E-state index in [4.69, 9.17) is 0 Å². The summed E-state index contributed by atoms with van der Waals surface area (Å²) in [7, 11) is 1.69. The standard InChI is InChI=1S/C13H19NO3/c1-5-13(2,3)14(4)12(17)10-8-9(15)6-7-11(10)16/h6-8,15-16H,5H2,1-4H3. The predicted octanol–water partition coefficient (Wildman–Crippen LogP) is 2.36. The molecule has 1 rings (SSSR count). The first kappa shape index (κ1) is 13.4. The molecule has 1 aromatic carbocycles. The van der Waals surface area contributed by atoms with E-state index >= 15 is 0 Å². The topological polar surface area (TPSA) is 60.8 Å². The SMILES string of the molecule is CCC(C)(C)N(C)C(=O)c1cc(O)ccc1O. The van der Waals surface area contributed by atoms with Gasteiger partial charge in [0.25, 0.3) is 5.91 Å². The Hall–Kier alpha value is -1.71. The van der Waals surface area contributed by atoms with Gasteiger partial charge >= 0.3 is 0 Å². The van der Waals surface area contributed by atoms with E-state index in [1.54, 1.807) is 11.9 Å². The van der Waals surface area contributed by atoms with E-state index in [0.717, 1.165) is 6.42 Å². The van der Waals surface area contributed by atoms with E-state index in [2.05, 4.69) is 0 Å². The fourth-order valence-corrected chi connectivity index (χ4v) is 1.39. The number of rotatable bonds is 3. The Morgan fingerprint density at radius 3 is 2.47 bits per heavy atom. The monoisotopic (exact) mass is 237 g/mol. The van der Waals surface area contributed by atoms with Crippen LogP contribution in [0.1, 0.15) is 37.6 Å². The normalized spacial score (nSPS) is 11.3. The second kappa shape index (κ2) is 4.65. The van der Waals surface area contributed by atoms with Crippen LogP contribution in [0.15, 0.2) is 18.2 Å². The van der Waals surface area contributed by atoms with E-state index in [1.165, 1.54) is 18.2 Å². The van der Waals surface area contributed by atoms with Gasteiger partial charge in [0, 0.05) is 12.6 Å². The summed E-state index contributed by atoms with van der Waals surface area (Å²) < 4.78 is 0. The summed E-state index contributed by atoms with van der Waals surface area (Å²) in [5.74, 6) is -0.453. The number of hydrogen-bond donors (Lipinski definition) is 2. The van der Waals surface area contributed by atoms with Crippen LogP contribution in [0.5, 0.6) is 11.5 Å². The lowest BCUT2D eigenvalue weighted by Crippen LogP contribution is -2.44. The largest absolute Gasteiger partial charge is 0.508 e. The Kier molecular flexibility index (Phi) is 3.66. The van der Waals surface area contributed by atoms with Gasteiger partial charge in [-0.1, -0.05) is 6.92 Å². The fourth-order valence-electron chi connectivity index (χ4n) is 1.39. The van der Waals surface area contributed by atoms with Crippen LogP contribution in [0.4, 0.5) is 0 Å². The quantitative estimate of drug-likeness (QED) is 0.793. The summed E-state index contributed by atoms with van der Waals surface area (Å²) in [6, 6.07) is 3.94. The number of phenolic OH excluding ortho intramolecular Hbond substituents is 2. The molecule has 2 N–H and O–H groups in total. The number of amides is 1. The van der Waals surface area contributed by atoms with Gasteiger partial charge in [-0.2, -0.15) is 0 Å². The molecule has 0 heterocycles. The summed E-state index contributed by atoms with van der Waals surface area (Å²) in [4.78, 5) is 13.7. The molecule has 0 saturated heterocycles. The molecule has 0 aliphatic heterocycles. The van der Waals surface area contributed by atoms with Gasteiger partial charge < -0.3 is 15.1 Å². The lowest BCUT2D eigenvalue weighted by Gasteiger charge is -2.35. The second-order valence-electron chi connectivity index (χ2n) is 4.73. The lowest BCUT2D eigenvalue weighted by atomic mass is 9.98. The third kappa shape index (κ3) is 2.70. The van der Waals surface area contributed by atoms with E-state index in [-0.39, 0.29) is 28.5 Å². The molecule has 0 fully saturated rings. The van der Waals surface area contributed by atoms with Crippen LogP contribution in [-0.4, -0.2) is 33.6 Å². The van der Waals surface area contributed by atoms with Crippen LogP contribution in [0.25, 0.3) is 0 Å². The molecule has 0 aliphatic rings. The van der Waals surface area contributed by atoms with Crippen molar-refractivity contribution >= 4 is 5.91 Å². The number of carbonyl (C=O) groups is 1. The molecule has 94 valence electrons. The maximum absolute atomic E-state index is 12.2. The highest BCUT2D eigenvalue weighted by atomic mass is 16.3. The van der Waals surface area contributed by atoms with Gasteiger partial charge in [-0.05, 0) is 38.5 Å². The van der Waals surface area contributed by atoms with Crippen LogP contribution in [0.2, 0.25) is 0 Å². The molecule has 0 bridgehead atoms. The van der Waals surface area contributed by atoms with Crippen LogP contribution in [-0.2, 0) is 0 Å². The van der Waals surface area contributed by atoms with Crippen molar-refractivity contribution in [2.24, 2.45) is 0 Å². The van der Waals surface area contributed by atoms with Gasteiger partial charge in [0.05, 0.1) is 5.56 Å². The van der Waals surface area contributed by atoms with E-state index in [1.807, 2.05) is 20.8 Å². The predicted molar refractivity (Wildman–Crippen MR) is 66.2 cm³/mol. The van der Waals surface area contributed by atoms with Crippen molar-refractivity contribution in [2.45, 2.75) is 32.7 Å². The molecular weight excluding hydrogens is 218 g/mol. The first-order valence-electron chi connectivity index (χ1n) is 5.59. The van der Waals surface area contributed by atoms with E-state index in [0.29, 0.717) is 0 Å². The molecule has 0 spiro atoms. The number of carbonyl (C=O) groups excluding carboxylic acids is 1. The van der Waals surface area contributed by atoms with Crippen LogP contribution in [0, 0.1) is 0 Å². The molecule has 4 nitrogen and oxygen atoms in total. The summed E-state index contributed by atoms with van der Waals surface area (Å²) in [5.41, 5.74) is -0.177. The van der Waals surface area contributed by atoms with Crippen molar-refractivity contribution in [3.8, 4) is 11.5 Å². The molecule has 1 amide bonds. The number of hydrogen-bond acceptors (Lipinski definition) is 3. The molecule has 0 radical (unpaired) electrons. The van der Waals surface area contributed by atoms with Gasteiger partial charge in [-0.25, -0.2) is 0 Å². The zero-order valence-corrected chi connectivity index (χ0v) is 10.7. The highest BCUT2D eigenvalue weighted by Crippen LogP contribution is 2.26. The number of nitrogens with zero attached hydrogens (tertiary/aromatic N) is 1. The van der Waals surface area contributed by atoms with Gasteiger partial charge in [-0.3, -0.25) is 4.79 Å².